The minimum absolute atomic E-state index is 0.461. The predicted octanol–water partition coefficient (Wildman–Crippen LogP) is 5.68. The normalized spacial score (nSPS) is 11.8. The molecule has 156 valence electrons. The lowest BCUT2D eigenvalue weighted by Crippen LogP contribution is -2.28. The third-order valence-electron chi connectivity index (χ3n) is 5.23. The van der Waals surface area contributed by atoms with Gasteiger partial charge in [-0.2, -0.15) is 5.26 Å². The van der Waals surface area contributed by atoms with Crippen LogP contribution in [-0.4, -0.2) is 0 Å². The molecule has 0 heterocycles. The lowest BCUT2D eigenvalue weighted by molar-refractivity contribution is 0.582. The van der Waals surface area contributed by atoms with Crippen molar-refractivity contribution in [3.05, 3.63) is 138 Å². The topological polar surface area (TPSA) is 52.9 Å². The summed E-state index contributed by atoms with van der Waals surface area (Å²) in [7, 11) is -3.26. The van der Waals surface area contributed by atoms with Gasteiger partial charge in [0, 0.05) is 22.7 Å². The number of nitrogens with one attached hydrogen (secondary N) is 1. The highest BCUT2D eigenvalue weighted by Gasteiger charge is 2.29. The van der Waals surface area contributed by atoms with Gasteiger partial charge in [0.05, 0.1) is 5.57 Å². The van der Waals surface area contributed by atoms with Crippen LogP contribution >= 0.6 is 7.29 Å². The fraction of sp³-hybridized carbons (Fsp3) is 0.0357. The molecule has 0 fully saturated rings. The Kier molecular flexibility index (Phi) is 6.66. The fourth-order valence-corrected chi connectivity index (χ4v) is 5.95. The SMILES string of the molecule is N#C/C(=C(/Cc1ccccc1)NP(=O)(c1ccccc1)c1ccccc1)c1ccccc1. The van der Waals surface area contributed by atoms with Crippen LogP contribution in [0.5, 0.6) is 0 Å². The number of hydrogen-bond donors (Lipinski definition) is 1. The van der Waals surface area contributed by atoms with Crippen molar-refractivity contribution >= 4 is 23.5 Å². The van der Waals surface area contributed by atoms with Crippen LogP contribution in [0.15, 0.2) is 127 Å². The second kappa shape index (κ2) is 9.96. The number of nitrogens with zero attached hydrogens (tertiary/aromatic N) is 1. The molecule has 3 nitrogen and oxygen atoms in total. The largest absolute Gasteiger partial charge is 0.331 e. The summed E-state index contributed by atoms with van der Waals surface area (Å²) in [6.45, 7) is 0. The Labute approximate surface area is 189 Å². The average Bonchev–Trinajstić information content (AvgIpc) is 2.87. The number of rotatable bonds is 7. The van der Waals surface area contributed by atoms with Crippen molar-refractivity contribution in [3.63, 3.8) is 0 Å². The van der Waals surface area contributed by atoms with Gasteiger partial charge in [-0.3, -0.25) is 4.57 Å². The second-order valence-electron chi connectivity index (χ2n) is 7.39. The summed E-state index contributed by atoms with van der Waals surface area (Å²) in [5, 5.41) is 14.9. The molecular formula is C28H23N2OP. The Morgan fingerprint density at radius 2 is 1.12 bits per heavy atom. The van der Waals surface area contributed by atoms with E-state index in [0.717, 1.165) is 11.1 Å². The Morgan fingerprint density at radius 3 is 1.59 bits per heavy atom. The quantitative estimate of drug-likeness (QED) is 0.301. The van der Waals surface area contributed by atoms with Crippen LogP contribution in [0, 0.1) is 11.3 Å². The van der Waals surface area contributed by atoms with E-state index < -0.39 is 7.29 Å². The van der Waals surface area contributed by atoms with Gasteiger partial charge in [-0.15, -0.1) is 0 Å². The van der Waals surface area contributed by atoms with Crippen LogP contribution in [0.2, 0.25) is 0 Å². The molecule has 32 heavy (non-hydrogen) atoms. The first kappa shape index (κ1) is 21.4. The molecule has 0 bridgehead atoms. The van der Waals surface area contributed by atoms with Crippen LogP contribution in [0.25, 0.3) is 5.57 Å². The number of benzene rings is 4. The predicted molar refractivity (Wildman–Crippen MR) is 132 cm³/mol. The number of hydrogen-bond acceptors (Lipinski definition) is 2. The fourth-order valence-electron chi connectivity index (χ4n) is 3.64. The zero-order valence-corrected chi connectivity index (χ0v) is 18.5. The van der Waals surface area contributed by atoms with E-state index in [2.05, 4.69) is 11.2 Å². The van der Waals surface area contributed by atoms with Gasteiger partial charge in [0.25, 0.3) is 0 Å². The molecule has 4 heteroatoms. The van der Waals surface area contributed by atoms with Gasteiger partial charge in [-0.05, 0) is 35.4 Å². The maximum absolute atomic E-state index is 14.6. The van der Waals surface area contributed by atoms with Gasteiger partial charge in [-0.25, -0.2) is 0 Å². The summed E-state index contributed by atoms with van der Waals surface area (Å²) in [5.74, 6) is 0. The standard InChI is InChI=1S/C28H23N2OP/c29-22-27(24-15-7-2-8-16-24)28(21-23-13-5-1-6-14-23)30-32(31,25-17-9-3-10-18-25)26-19-11-4-12-20-26/h1-20H,21H2,(H,30,31)/b28-27+. The maximum atomic E-state index is 14.6. The molecule has 0 unspecified atom stereocenters. The van der Waals surface area contributed by atoms with Crippen molar-refractivity contribution in [1.29, 1.82) is 5.26 Å². The van der Waals surface area contributed by atoms with E-state index in [1.165, 1.54) is 0 Å². The Morgan fingerprint density at radius 1 is 0.688 bits per heavy atom. The zero-order chi connectivity index (χ0) is 22.2. The summed E-state index contributed by atoms with van der Waals surface area (Å²) in [6.07, 6.45) is 0.461. The van der Waals surface area contributed by atoms with E-state index >= 15 is 0 Å². The molecule has 0 aliphatic rings. The lowest BCUT2D eigenvalue weighted by atomic mass is 10.0. The van der Waals surface area contributed by atoms with E-state index in [-0.39, 0.29) is 0 Å². The molecule has 4 aromatic rings. The van der Waals surface area contributed by atoms with Gasteiger partial charge in [-0.1, -0.05) is 97.1 Å². The van der Waals surface area contributed by atoms with Gasteiger partial charge < -0.3 is 5.09 Å². The minimum Gasteiger partial charge on any atom is -0.331 e. The summed E-state index contributed by atoms with van der Waals surface area (Å²) >= 11 is 0. The van der Waals surface area contributed by atoms with Crippen LogP contribution in [-0.2, 0) is 11.0 Å². The highest BCUT2D eigenvalue weighted by atomic mass is 31.2. The van der Waals surface area contributed by atoms with Crippen molar-refractivity contribution in [1.82, 2.24) is 5.09 Å². The molecule has 4 aromatic carbocycles. The second-order valence-corrected chi connectivity index (χ2v) is 9.86. The lowest BCUT2D eigenvalue weighted by Gasteiger charge is -2.24. The minimum atomic E-state index is -3.26. The molecule has 0 aromatic heterocycles. The summed E-state index contributed by atoms with van der Waals surface area (Å²) in [5.41, 5.74) is 2.95. The number of nitriles is 1. The van der Waals surface area contributed by atoms with Gasteiger partial charge in [0.2, 0.25) is 7.29 Å². The van der Waals surface area contributed by atoms with Crippen molar-refractivity contribution in [3.8, 4) is 6.07 Å². The molecule has 1 N–H and O–H groups in total. The van der Waals surface area contributed by atoms with Gasteiger partial charge in [0.1, 0.15) is 6.07 Å². The molecule has 0 aliphatic heterocycles. The van der Waals surface area contributed by atoms with Gasteiger partial charge in [0.15, 0.2) is 0 Å². The summed E-state index contributed by atoms with van der Waals surface area (Å²) < 4.78 is 14.6. The highest BCUT2D eigenvalue weighted by Crippen LogP contribution is 2.41. The Hall–Kier alpha value is -3.86. The summed E-state index contributed by atoms with van der Waals surface area (Å²) in [6, 6.07) is 40.6. The summed E-state index contributed by atoms with van der Waals surface area (Å²) in [4.78, 5) is 0. The van der Waals surface area contributed by atoms with E-state index in [1.807, 2.05) is 121 Å². The molecule has 4 rings (SSSR count). The third-order valence-corrected chi connectivity index (χ3v) is 7.87. The average molecular weight is 434 g/mol. The first-order chi connectivity index (χ1) is 15.7. The molecule has 0 amide bonds. The van der Waals surface area contributed by atoms with Crippen LogP contribution < -0.4 is 15.7 Å². The van der Waals surface area contributed by atoms with Crippen LogP contribution in [0.1, 0.15) is 11.1 Å². The maximum Gasteiger partial charge on any atom is 0.226 e. The van der Waals surface area contributed by atoms with Crippen LogP contribution in [0.4, 0.5) is 0 Å². The first-order valence-electron chi connectivity index (χ1n) is 10.4. The van der Waals surface area contributed by atoms with Crippen molar-refractivity contribution in [2.75, 3.05) is 0 Å². The van der Waals surface area contributed by atoms with Crippen molar-refractivity contribution in [2.45, 2.75) is 6.42 Å². The Balaban J connectivity index is 1.89. The van der Waals surface area contributed by atoms with E-state index in [4.69, 9.17) is 0 Å². The Bertz CT molecular complexity index is 1240. The molecule has 0 radical (unpaired) electrons. The molecule has 0 spiro atoms. The van der Waals surface area contributed by atoms with Crippen molar-refractivity contribution in [2.24, 2.45) is 0 Å². The molecular weight excluding hydrogens is 411 g/mol. The van der Waals surface area contributed by atoms with E-state index in [9.17, 15) is 9.83 Å². The van der Waals surface area contributed by atoms with Crippen LogP contribution in [0.3, 0.4) is 0 Å². The van der Waals surface area contributed by atoms with Crippen molar-refractivity contribution < 1.29 is 4.57 Å². The molecule has 0 saturated carbocycles. The van der Waals surface area contributed by atoms with E-state index in [1.54, 1.807) is 0 Å². The van der Waals surface area contributed by atoms with Gasteiger partial charge >= 0.3 is 0 Å². The highest BCUT2D eigenvalue weighted by molar-refractivity contribution is 7.77. The third kappa shape index (κ3) is 4.72. The molecule has 0 atom stereocenters. The smallest absolute Gasteiger partial charge is 0.226 e. The van der Waals surface area contributed by atoms with E-state index in [0.29, 0.717) is 28.3 Å². The molecule has 0 aliphatic carbocycles. The molecule has 0 saturated heterocycles. The first-order valence-corrected chi connectivity index (χ1v) is 12.1. The zero-order valence-electron chi connectivity index (χ0n) is 17.6. The number of allylic oxidation sites excluding steroid dienone is 2. The monoisotopic (exact) mass is 434 g/mol.